The molecule has 2 rings (SSSR count). The van der Waals surface area contributed by atoms with Gasteiger partial charge in [0, 0.05) is 4.47 Å². The zero-order chi connectivity index (χ0) is 14.9. The minimum absolute atomic E-state index is 0.282. The summed E-state index contributed by atoms with van der Waals surface area (Å²) in [6.07, 6.45) is -1.39. The van der Waals surface area contributed by atoms with E-state index in [9.17, 15) is 13.9 Å². The molecule has 0 aliphatic heterocycles. The van der Waals surface area contributed by atoms with E-state index < -0.39 is 17.7 Å². The van der Waals surface area contributed by atoms with Gasteiger partial charge in [-0.3, -0.25) is 0 Å². The van der Waals surface area contributed by atoms with E-state index in [2.05, 4.69) is 15.9 Å². The number of hydrogen-bond donors (Lipinski definition) is 1. The Labute approximate surface area is 124 Å². The van der Waals surface area contributed by atoms with Crippen molar-refractivity contribution in [2.24, 2.45) is 0 Å². The fourth-order valence-corrected chi connectivity index (χ4v) is 2.52. The summed E-state index contributed by atoms with van der Waals surface area (Å²) in [5.41, 5.74) is 0.301. The Kier molecular flexibility index (Phi) is 4.40. The first-order valence-corrected chi connectivity index (χ1v) is 6.71. The van der Waals surface area contributed by atoms with Crippen molar-refractivity contribution in [3.05, 3.63) is 63.1 Å². The first-order chi connectivity index (χ1) is 9.45. The third kappa shape index (κ3) is 2.69. The highest BCUT2D eigenvalue weighted by molar-refractivity contribution is 9.10. The molecule has 2 nitrogen and oxygen atoms in total. The second-order valence-electron chi connectivity index (χ2n) is 4.38. The zero-order valence-electron chi connectivity index (χ0n) is 11.0. The number of hydrogen-bond acceptors (Lipinski definition) is 2. The van der Waals surface area contributed by atoms with Crippen molar-refractivity contribution in [3.8, 4) is 5.75 Å². The maximum Gasteiger partial charge on any atom is 0.135 e. The summed E-state index contributed by atoms with van der Waals surface area (Å²) in [6, 6.07) is 7.30. The molecule has 0 bridgehead atoms. The highest BCUT2D eigenvalue weighted by Gasteiger charge is 2.23. The zero-order valence-corrected chi connectivity index (χ0v) is 12.5. The molecule has 2 aromatic rings. The van der Waals surface area contributed by atoms with E-state index in [1.165, 1.54) is 20.1 Å². The highest BCUT2D eigenvalue weighted by Crippen LogP contribution is 2.34. The van der Waals surface area contributed by atoms with Crippen LogP contribution in [0.15, 0.2) is 34.8 Å². The molecule has 0 saturated heterocycles. The summed E-state index contributed by atoms with van der Waals surface area (Å²) in [5, 5.41) is 10.3. The molecule has 20 heavy (non-hydrogen) atoms. The Hall–Kier alpha value is -1.46. The fourth-order valence-electron chi connectivity index (χ4n) is 1.94. The maximum absolute atomic E-state index is 14.0. The van der Waals surface area contributed by atoms with Gasteiger partial charge in [0.15, 0.2) is 0 Å². The molecule has 2 aromatic carbocycles. The van der Waals surface area contributed by atoms with Gasteiger partial charge in [0.05, 0.1) is 12.7 Å². The lowest BCUT2D eigenvalue weighted by Gasteiger charge is -2.16. The topological polar surface area (TPSA) is 29.5 Å². The smallest absolute Gasteiger partial charge is 0.135 e. The second kappa shape index (κ2) is 5.89. The monoisotopic (exact) mass is 342 g/mol. The van der Waals surface area contributed by atoms with Gasteiger partial charge in [-0.05, 0) is 36.2 Å². The Balaban J connectivity index is 2.52. The fraction of sp³-hybridized carbons (Fsp3) is 0.200. The number of benzene rings is 2. The van der Waals surface area contributed by atoms with Gasteiger partial charge in [-0.15, -0.1) is 0 Å². The maximum atomic E-state index is 14.0. The largest absolute Gasteiger partial charge is 0.497 e. The summed E-state index contributed by atoms with van der Waals surface area (Å²) >= 11 is 3.27. The van der Waals surface area contributed by atoms with E-state index in [1.807, 2.05) is 0 Å². The van der Waals surface area contributed by atoms with Crippen molar-refractivity contribution in [3.63, 3.8) is 0 Å². The van der Waals surface area contributed by atoms with Crippen molar-refractivity contribution in [1.29, 1.82) is 0 Å². The van der Waals surface area contributed by atoms with E-state index in [0.717, 1.165) is 6.07 Å². The minimum atomic E-state index is -1.39. The lowest BCUT2D eigenvalue weighted by atomic mass is 9.98. The summed E-state index contributed by atoms with van der Waals surface area (Å²) < 4.78 is 33.4. The van der Waals surface area contributed by atoms with Crippen molar-refractivity contribution >= 4 is 15.9 Å². The van der Waals surface area contributed by atoms with E-state index >= 15 is 0 Å². The predicted octanol–water partition coefficient (Wildman–Crippen LogP) is 4.13. The molecule has 0 heterocycles. The van der Waals surface area contributed by atoms with Gasteiger partial charge in [0.25, 0.3) is 0 Å². The molecule has 106 valence electrons. The molecule has 1 unspecified atom stereocenters. The number of aliphatic hydroxyl groups is 1. The van der Waals surface area contributed by atoms with E-state index in [0.29, 0.717) is 15.8 Å². The van der Waals surface area contributed by atoms with Gasteiger partial charge in [-0.1, -0.05) is 28.1 Å². The summed E-state index contributed by atoms with van der Waals surface area (Å²) in [7, 11) is 1.51. The third-order valence-electron chi connectivity index (χ3n) is 3.10. The molecule has 0 saturated carbocycles. The summed E-state index contributed by atoms with van der Waals surface area (Å²) in [6.45, 7) is 1.52. The van der Waals surface area contributed by atoms with Gasteiger partial charge in [0.1, 0.15) is 23.5 Å². The average molecular weight is 343 g/mol. The van der Waals surface area contributed by atoms with Crippen LogP contribution in [0, 0.1) is 18.6 Å². The molecule has 0 amide bonds. The van der Waals surface area contributed by atoms with Crippen LogP contribution in [-0.4, -0.2) is 12.2 Å². The molecule has 5 heteroatoms. The van der Waals surface area contributed by atoms with E-state index in [4.69, 9.17) is 4.74 Å². The molecule has 0 spiro atoms. The molecule has 0 aliphatic rings. The first-order valence-electron chi connectivity index (χ1n) is 5.91. The predicted molar refractivity (Wildman–Crippen MR) is 75.9 cm³/mol. The SMILES string of the molecule is COc1ccc(C(O)c2c(F)ccc(C)c2F)c(Br)c1. The van der Waals surface area contributed by atoms with Crippen molar-refractivity contribution < 1.29 is 18.6 Å². The van der Waals surface area contributed by atoms with Crippen LogP contribution < -0.4 is 4.74 Å². The van der Waals surface area contributed by atoms with Crippen LogP contribution in [-0.2, 0) is 0 Å². The van der Waals surface area contributed by atoms with Crippen LogP contribution in [0.3, 0.4) is 0 Å². The number of ether oxygens (including phenoxy) is 1. The van der Waals surface area contributed by atoms with E-state index in [1.54, 1.807) is 18.2 Å². The van der Waals surface area contributed by atoms with Crippen LogP contribution >= 0.6 is 15.9 Å². The van der Waals surface area contributed by atoms with Gasteiger partial charge in [-0.2, -0.15) is 0 Å². The standard InChI is InChI=1S/C15H13BrF2O2/c1-8-3-6-12(17)13(14(8)18)15(19)10-5-4-9(20-2)7-11(10)16/h3-7,15,19H,1-2H3. The Bertz CT molecular complexity index is 644. The summed E-state index contributed by atoms with van der Waals surface area (Å²) in [5.74, 6) is -0.929. The third-order valence-corrected chi connectivity index (χ3v) is 3.78. The summed E-state index contributed by atoms with van der Waals surface area (Å²) in [4.78, 5) is 0. The Morgan fingerprint density at radius 2 is 1.90 bits per heavy atom. The van der Waals surface area contributed by atoms with Gasteiger partial charge in [-0.25, -0.2) is 8.78 Å². The van der Waals surface area contributed by atoms with Gasteiger partial charge < -0.3 is 9.84 Å². The number of methoxy groups -OCH3 is 1. The molecule has 0 aliphatic carbocycles. The second-order valence-corrected chi connectivity index (χ2v) is 5.24. The highest BCUT2D eigenvalue weighted by atomic mass is 79.9. The molecule has 1 N–H and O–H groups in total. The lowest BCUT2D eigenvalue weighted by molar-refractivity contribution is 0.208. The van der Waals surface area contributed by atoms with Crippen LogP contribution in [0.25, 0.3) is 0 Å². The molecule has 0 aromatic heterocycles. The van der Waals surface area contributed by atoms with Crippen molar-refractivity contribution in [1.82, 2.24) is 0 Å². The molecule has 0 radical (unpaired) electrons. The van der Waals surface area contributed by atoms with Crippen LogP contribution in [0.1, 0.15) is 22.8 Å². The van der Waals surface area contributed by atoms with E-state index in [-0.39, 0.29) is 11.1 Å². The number of rotatable bonds is 3. The Morgan fingerprint density at radius 1 is 1.20 bits per heavy atom. The number of halogens is 3. The lowest BCUT2D eigenvalue weighted by Crippen LogP contribution is -2.08. The number of aliphatic hydroxyl groups excluding tert-OH is 1. The van der Waals surface area contributed by atoms with Gasteiger partial charge in [0.2, 0.25) is 0 Å². The first kappa shape index (κ1) is 14.9. The minimum Gasteiger partial charge on any atom is -0.497 e. The molecule has 0 fully saturated rings. The van der Waals surface area contributed by atoms with Crippen LogP contribution in [0.5, 0.6) is 5.75 Å². The average Bonchev–Trinajstić information content (AvgIpc) is 2.43. The van der Waals surface area contributed by atoms with Crippen LogP contribution in [0.2, 0.25) is 0 Å². The molecular formula is C15H13BrF2O2. The quantitative estimate of drug-likeness (QED) is 0.908. The van der Waals surface area contributed by atoms with Crippen molar-refractivity contribution in [2.75, 3.05) is 7.11 Å². The number of aryl methyl sites for hydroxylation is 1. The van der Waals surface area contributed by atoms with Crippen molar-refractivity contribution in [2.45, 2.75) is 13.0 Å². The van der Waals surface area contributed by atoms with Gasteiger partial charge >= 0.3 is 0 Å². The molecule has 1 atom stereocenters. The van der Waals surface area contributed by atoms with Crippen LogP contribution in [0.4, 0.5) is 8.78 Å². The normalized spacial score (nSPS) is 12.3. The molecular weight excluding hydrogens is 330 g/mol. The Morgan fingerprint density at radius 3 is 2.50 bits per heavy atom.